The Labute approximate surface area is 196 Å². The average Bonchev–Trinajstić information content (AvgIpc) is 3.09. The molecule has 0 bridgehead atoms. The number of non-ortho nitro benzene ring substituents is 1. The van der Waals surface area contributed by atoms with Gasteiger partial charge in [0.25, 0.3) is 17.4 Å². The highest BCUT2D eigenvalue weighted by atomic mass is 16.6. The minimum Gasteiger partial charge on any atom is -0.507 e. The SMILES string of the molecule is CC(C)(C)c1ccc(N2C(=O)C(=O)/C(=C(\O)c3ccc([N+](=O)[O-])cc3)C2c2ccncc2)cc1. The second-order valence-electron chi connectivity index (χ2n) is 9.05. The van der Waals surface area contributed by atoms with Gasteiger partial charge in [0.05, 0.1) is 16.5 Å². The van der Waals surface area contributed by atoms with Crippen LogP contribution in [0.25, 0.3) is 5.76 Å². The van der Waals surface area contributed by atoms with Crippen LogP contribution in [0.1, 0.15) is 43.5 Å². The number of benzene rings is 2. The molecule has 2 aromatic carbocycles. The van der Waals surface area contributed by atoms with Gasteiger partial charge in [0.1, 0.15) is 5.76 Å². The summed E-state index contributed by atoms with van der Waals surface area (Å²) in [5.41, 5.74) is 2.04. The van der Waals surface area contributed by atoms with Crippen molar-refractivity contribution in [1.82, 2.24) is 4.98 Å². The molecule has 0 spiro atoms. The first kappa shape index (κ1) is 22.8. The Hall–Kier alpha value is -4.33. The summed E-state index contributed by atoms with van der Waals surface area (Å²) in [4.78, 5) is 42.1. The van der Waals surface area contributed by atoms with Crippen LogP contribution in [0.3, 0.4) is 0 Å². The minimum atomic E-state index is -0.890. The molecule has 1 fully saturated rings. The highest BCUT2D eigenvalue weighted by Crippen LogP contribution is 2.42. The lowest BCUT2D eigenvalue weighted by molar-refractivity contribution is -0.384. The Morgan fingerprint density at radius 2 is 1.56 bits per heavy atom. The van der Waals surface area contributed by atoms with Gasteiger partial charge in [0, 0.05) is 35.8 Å². The number of carbonyl (C=O) groups excluding carboxylic acids is 2. The number of rotatable bonds is 4. The lowest BCUT2D eigenvalue weighted by Crippen LogP contribution is -2.29. The van der Waals surface area contributed by atoms with Crippen LogP contribution >= 0.6 is 0 Å². The van der Waals surface area contributed by atoms with Crippen LogP contribution in [0.15, 0.2) is 78.6 Å². The summed E-state index contributed by atoms with van der Waals surface area (Å²) in [6.45, 7) is 6.24. The van der Waals surface area contributed by atoms with Crippen molar-refractivity contribution in [3.63, 3.8) is 0 Å². The molecule has 0 aliphatic carbocycles. The maximum Gasteiger partial charge on any atom is 0.300 e. The maximum atomic E-state index is 13.2. The number of carbonyl (C=O) groups is 2. The van der Waals surface area contributed by atoms with Gasteiger partial charge in [-0.05, 0) is 52.9 Å². The van der Waals surface area contributed by atoms with E-state index in [2.05, 4.69) is 25.8 Å². The third-order valence-corrected chi connectivity index (χ3v) is 5.83. The van der Waals surface area contributed by atoms with E-state index >= 15 is 0 Å². The molecule has 1 aliphatic heterocycles. The molecule has 8 heteroatoms. The van der Waals surface area contributed by atoms with Crippen LogP contribution in [0.4, 0.5) is 11.4 Å². The highest BCUT2D eigenvalue weighted by Gasteiger charge is 2.47. The molecule has 34 heavy (non-hydrogen) atoms. The van der Waals surface area contributed by atoms with E-state index < -0.39 is 28.4 Å². The molecule has 8 nitrogen and oxygen atoms in total. The van der Waals surface area contributed by atoms with E-state index in [9.17, 15) is 24.8 Å². The average molecular weight is 457 g/mol. The topological polar surface area (TPSA) is 114 Å². The fourth-order valence-corrected chi connectivity index (χ4v) is 3.98. The number of hydrogen-bond donors (Lipinski definition) is 1. The van der Waals surface area contributed by atoms with Crippen LogP contribution in [0.5, 0.6) is 0 Å². The van der Waals surface area contributed by atoms with Gasteiger partial charge in [0.2, 0.25) is 0 Å². The number of Topliss-reactive ketones (excluding diaryl/α,β-unsaturated/α-hetero) is 1. The standard InChI is InChI=1S/C26H23N3O5/c1-26(2,3)18-6-10-19(11-7-18)28-22(16-12-14-27-15-13-16)21(24(31)25(28)32)23(30)17-4-8-20(9-5-17)29(33)34/h4-15,22,30H,1-3H3/b23-21-. The fraction of sp³-hybridized carbons (Fsp3) is 0.192. The molecule has 172 valence electrons. The molecule has 1 N–H and O–H groups in total. The molecule has 4 rings (SSSR count). The van der Waals surface area contributed by atoms with Crippen LogP contribution < -0.4 is 4.90 Å². The maximum absolute atomic E-state index is 13.2. The Morgan fingerprint density at radius 1 is 0.971 bits per heavy atom. The molecule has 1 atom stereocenters. The molecule has 1 saturated heterocycles. The van der Waals surface area contributed by atoms with Crippen molar-refractivity contribution in [1.29, 1.82) is 0 Å². The lowest BCUT2D eigenvalue weighted by Gasteiger charge is -2.26. The summed E-state index contributed by atoms with van der Waals surface area (Å²) in [6.07, 6.45) is 3.09. The van der Waals surface area contributed by atoms with Crippen LogP contribution in [-0.2, 0) is 15.0 Å². The minimum absolute atomic E-state index is 0.0902. The van der Waals surface area contributed by atoms with Gasteiger partial charge in [0.15, 0.2) is 0 Å². The van der Waals surface area contributed by atoms with E-state index in [1.54, 1.807) is 36.7 Å². The predicted molar refractivity (Wildman–Crippen MR) is 127 cm³/mol. The molecule has 1 aliphatic rings. The molecule has 1 aromatic heterocycles. The zero-order valence-corrected chi connectivity index (χ0v) is 18.9. The van der Waals surface area contributed by atoms with E-state index in [0.29, 0.717) is 11.3 Å². The van der Waals surface area contributed by atoms with Gasteiger partial charge in [-0.1, -0.05) is 32.9 Å². The summed E-state index contributed by atoms with van der Waals surface area (Å²) >= 11 is 0. The predicted octanol–water partition coefficient (Wildman–Crippen LogP) is 4.91. The van der Waals surface area contributed by atoms with Crippen molar-refractivity contribution in [2.45, 2.75) is 32.2 Å². The molecule has 1 amide bonds. The van der Waals surface area contributed by atoms with Gasteiger partial charge in [-0.2, -0.15) is 0 Å². The van der Waals surface area contributed by atoms with Gasteiger partial charge >= 0.3 is 0 Å². The fourth-order valence-electron chi connectivity index (χ4n) is 3.98. The largest absolute Gasteiger partial charge is 0.507 e. The number of amides is 1. The Kier molecular flexibility index (Phi) is 5.75. The Balaban J connectivity index is 1.87. The first-order valence-electron chi connectivity index (χ1n) is 10.7. The van der Waals surface area contributed by atoms with Crippen LogP contribution in [0.2, 0.25) is 0 Å². The second kappa shape index (κ2) is 8.55. The molecule has 0 saturated carbocycles. The Bertz CT molecular complexity index is 1290. The van der Waals surface area contributed by atoms with Crippen LogP contribution in [0, 0.1) is 10.1 Å². The van der Waals surface area contributed by atoms with Crippen molar-refractivity contribution in [3.05, 3.63) is 105 Å². The number of anilines is 1. The van der Waals surface area contributed by atoms with E-state index in [4.69, 9.17) is 0 Å². The highest BCUT2D eigenvalue weighted by molar-refractivity contribution is 6.51. The zero-order chi connectivity index (χ0) is 24.6. The number of nitro benzene ring substituents is 1. The third-order valence-electron chi connectivity index (χ3n) is 5.83. The lowest BCUT2D eigenvalue weighted by atomic mass is 9.87. The van der Waals surface area contributed by atoms with Gasteiger partial charge < -0.3 is 5.11 Å². The number of ketones is 1. The van der Waals surface area contributed by atoms with Crippen molar-refractivity contribution in [2.75, 3.05) is 4.90 Å². The molecule has 3 aromatic rings. The quantitative estimate of drug-likeness (QED) is 0.196. The number of pyridine rings is 1. The third kappa shape index (κ3) is 4.05. The summed E-state index contributed by atoms with van der Waals surface area (Å²) in [7, 11) is 0. The summed E-state index contributed by atoms with van der Waals surface area (Å²) in [5.74, 6) is -2.00. The number of aromatic nitrogens is 1. The number of aliphatic hydroxyl groups is 1. The number of hydrogen-bond acceptors (Lipinski definition) is 6. The van der Waals surface area contributed by atoms with Gasteiger partial charge in [-0.3, -0.25) is 29.6 Å². The second-order valence-corrected chi connectivity index (χ2v) is 9.05. The monoisotopic (exact) mass is 457 g/mol. The van der Waals surface area contributed by atoms with Crippen molar-refractivity contribution in [2.24, 2.45) is 0 Å². The van der Waals surface area contributed by atoms with Gasteiger partial charge in [-0.15, -0.1) is 0 Å². The Morgan fingerprint density at radius 3 is 2.09 bits per heavy atom. The van der Waals surface area contributed by atoms with E-state index in [0.717, 1.165) is 5.56 Å². The number of nitrogens with zero attached hydrogens (tertiary/aromatic N) is 3. The first-order valence-corrected chi connectivity index (χ1v) is 10.7. The molecule has 1 unspecified atom stereocenters. The van der Waals surface area contributed by atoms with Crippen molar-refractivity contribution in [3.8, 4) is 0 Å². The van der Waals surface area contributed by atoms with Gasteiger partial charge in [-0.25, -0.2) is 0 Å². The van der Waals surface area contributed by atoms with E-state index in [1.165, 1.54) is 29.2 Å². The smallest absolute Gasteiger partial charge is 0.300 e. The molecular weight excluding hydrogens is 434 g/mol. The summed E-state index contributed by atoms with van der Waals surface area (Å²) in [6, 6.07) is 15.0. The zero-order valence-electron chi connectivity index (χ0n) is 18.9. The molecule has 2 heterocycles. The van der Waals surface area contributed by atoms with Crippen molar-refractivity contribution >= 4 is 28.8 Å². The number of aliphatic hydroxyl groups excluding tert-OH is 1. The van der Waals surface area contributed by atoms with E-state index in [-0.39, 0.29) is 22.2 Å². The number of nitro groups is 1. The summed E-state index contributed by atoms with van der Waals surface area (Å²) in [5, 5.41) is 22.1. The summed E-state index contributed by atoms with van der Waals surface area (Å²) < 4.78 is 0. The molecule has 0 radical (unpaired) electrons. The first-order chi connectivity index (χ1) is 16.1. The normalized spacial score (nSPS) is 17.7. The van der Waals surface area contributed by atoms with E-state index in [1.807, 2.05) is 12.1 Å². The van der Waals surface area contributed by atoms with Crippen molar-refractivity contribution < 1.29 is 19.6 Å². The molecular formula is C26H23N3O5. The van der Waals surface area contributed by atoms with Crippen LogP contribution in [-0.4, -0.2) is 26.7 Å².